The Balaban J connectivity index is 2.59. The van der Waals surface area contributed by atoms with Crippen LogP contribution < -0.4 is 0 Å². The van der Waals surface area contributed by atoms with Gasteiger partial charge in [-0.3, -0.25) is 0 Å². The maximum atomic E-state index is 9.89. The molecule has 0 aliphatic carbocycles. The van der Waals surface area contributed by atoms with Gasteiger partial charge >= 0.3 is 0 Å². The van der Waals surface area contributed by atoms with E-state index >= 15 is 0 Å². The summed E-state index contributed by atoms with van der Waals surface area (Å²) in [5.74, 6) is 0.420. The van der Waals surface area contributed by atoms with Crippen LogP contribution in [0.5, 0.6) is 5.75 Å². The fourth-order valence-electron chi connectivity index (χ4n) is 2.14. The van der Waals surface area contributed by atoms with Crippen LogP contribution in [0.15, 0.2) is 42.5 Å². The first kappa shape index (κ1) is 11.7. The molecule has 1 nitrogen and oxygen atoms in total. The van der Waals surface area contributed by atoms with E-state index in [-0.39, 0.29) is 0 Å². The van der Waals surface area contributed by atoms with Crippen molar-refractivity contribution in [2.24, 2.45) is 0 Å². The summed E-state index contributed by atoms with van der Waals surface area (Å²) in [5, 5.41) is 9.89. The fourth-order valence-corrected chi connectivity index (χ4v) is 2.14. The number of phenolic OH excluding ortho intramolecular Hbond substituents is 1. The summed E-state index contributed by atoms with van der Waals surface area (Å²) in [6.07, 6.45) is 1.79. The molecule has 0 radical (unpaired) electrons. The van der Waals surface area contributed by atoms with Gasteiger partial charge in [-0.2, -0.15) is 0 Å². The summed E-state index contributed by atoms with van der Waals surface area (Å²) in [5.41, 5.74) is 4.67. The lowest BCUT2D eigenvalue weighted by molar-refractivity contribution is 0.468. The summed E-state index contributed by atoms with van der Waals surface area (Å²) in [6, 6.07) is 14.4. The Bertz CT molecular complexity index is 500. The van der Waals surface area contributed by atoms with Gasteiger partial charge in [-0.25, -0.2) is 0 Å². The molecule has 0 aliphatic rings. The molecule has 0 unspecified atom stereocenters. The van der Waals surface area contributed by atoms with Crippen LogP contribution in [0.2, 0.25) is 0 Å². The molecule has 0 saturated carbocycles. The largest absolute Gasteiger partial charge is 0.508 e. The molecule has 0 bridgehead atoms. The Morgan fingerprint density at radius 3 is 2.12 bits per heavy atom. The Kier molecular flexibility index (Phi) is 3.48. The Morgan fingerprint density at radius 2 is 1.53 bits per heavy atom. The Morgan fingerprint density at radius 1 is 0.882 bits per heavy atom. The highest BCUT2D eigenvalue weighted by Gasteiger charge is 2.08. The molecule has 1 N–H and O–H groups in total. The first-order chi connectivity index (χ1) is 8.26. The van der Waals surface area contributed by atoms with Gasteiger partial charge in [0.15, 0.2) is 0 Å². The van der Waals surface area contributed by atoms with Crippen LogP contribution in [0, 0.1) is 0 Å². The lowest BCUT2D eigenvalue weighted by atomic mass is 9.94. The van der Waals surface area contributed by atoms with Gasteiger partial charge in [-0.05, 0) is 47.2 Å². The number of benzene rings is 2. The molecule has 0 spiro atoms. The van der Waals surface area contributed by atoms with E-state index in [2.05, 4.69) is 32.0 Å². The minimum atomic E-state index is 0.420. The lowest BCUT2D eigenvalue weighted by Gasteiger charge is -2.12. The third-order valence-corrected chi connectivity index (χ3v) is 3.15. The van der Waals surface area contributed by atoms with Crippen LogP contribution in [-0.2, 0) is 12.8 Å². The molecule has 2 rings (SSSR count). The molecule has 88 valence electrons. The maximum Gasteiger partial charge on any atom is 0.119 e. The van der Waals surface area contributed by atoms with Crippen molar-refractivity contribution in [1.29, 1.82) is 0 Å². The molecular formula is C16H18O. The van der Waals surface area contributed by atoms with Gasteiger partial charge in [0, 0.05) is 0 Å². The first-order valence-electron chi connectivity index (χ1n) is 6.16. The van der Waals surface area contributed by atoms with Crippen molar-refractivity contribution in [3.8, 4) is 16.9 Å². The molecule has 2 aromatic carbocycles. The molecular weight excluding hydrogens is 208 g/mol. The zero-order chi connectivity index (χ0) is 12.3. The van der Waals surface area contributed by atoms with Crippen LogP contribution in [0.4, 0.5) is 0 Å². The summed E-state index contributed by atoms with van der Waals surface area (Å²) in [7, 11) is 0. The second-order valence-corrected chi connectivity index (χ2v) is 4.21. The molecule has 0 heterocycles. The van der Waals surface area contributed by atoms with E-state index in [4.69, 9.17) is 0 Å². The van der Waals surface area contributed by atoms with Crippen molar-refractivity contribution in [2.75, 3.05) is 0 Å². The van der Waals surface area contributed by atoms with Gasteiger partial charge in [0.05, 0.1) is 0 Å². The van der Waals surface area contributed by atoms with Crippen LogP contribution >= 0.6 is 0 Å². The zero-order valence-electron chi connectivity index (χ0n) is 10.4. The third kappa shape index (κ3) is 2.33. The number of hydrogen-bond acceptors (Lipinski definition) is 1. The molecule has 1 heteroatoms. The molecule has 17 heavy (non-hydrogen) atoms. The van der Waals surface area contributed by atoms with E-state index in [1.807, 2.05) is 24.3 Å². The molecule has 0 aliphatic heterocycles. The van der Waals surface area contributed by atoms with Gasteiger partial charge in [-0.15, -0.1) is 0 Å². The van der Waals surface area contributed by atoms with Crippen molar-refractivity contribution >= 4 is 0 Å². The third-order valence-electron chi connectivity index (χ3n) is 3.15. The SMILES string of the molecule is CCc1cc(-c2ccccc2)c(CC)cc1O. The van der Waals surface area contributed by atoms with E-state index in [0.717, 1.165) is 18.4 Å². The van der Waals surface area contributed by atoms with Gasteiger partial charge in [-0.1, -0.05) is 44.2 Å². The predicted molar refractivity (Wildman–Crippen MR) is 72.3 cm³/mol. The van der Waals surface area contributed by atoms with Gasteiger partial charge in [0.1, 0.15) is 5.75 Å². The normalized spacial score (nSPS) is 10.5. The smallest absolute Gasteiger partial charge is 0.119 e. The van der Waals surface area contributed by atoms with Crippen molar-refractivity contribution in [3.63, 3.8) is 0 Å². The number of aryl methyl sites for hydroxylation is 2. The van der Waals surface area contributed by atoms with Crippen LogP contribution in [0.25, 0.3) is 11.1 Å². The number of phenols is 1. The van der Waals surface area contributed by atoms with Gasteiger partial charge in [0.2, 0.25) is 0 Å². The van der Waals surface area contributed by atoms with E-state index in [9.17, 15) is 5.11 Å². The van der Waals surface area contributed by atoms with Crippen molar-refractivity contribution in [2.45, 2.75) is 26.7 Å². The molecule has 0 fully saturated rings. The maximum absolute atomic E-state index is 9.89. The summed E-state index contributed by atoms with van der Waals surface area (Å²) >= 11 is 0. The van der Waals surface area contributed by atoms with Crippen molar-refractivity contribution in [3.05, 3.63) is 53.6 Å². The van der Waals surface area contributed by atoms with Crippen molar-refractivity contribution in [1.82, 2.24) is 0 Å². The minimum absolute atomic E-state index is 0.420. The molecule has 0 amide bonds. The number of aromatic hydroxyl groups is 1. The second-order valence-electron chi connectivity index (χ2n) is 4.21. The number of hydrogen-bond donors (Lipinski definition) is 1. The lowest BCUT2D eigenvalue weighted by Crippen LogP contribution is -1.91. The van der Waals surface area contributed by atoms with Crippen LogP contribution in [0.3, 0.4) is 0 Å². The molecule has 0 saturated heterocycles. The standard InChI is InChI=1S/C16H18O/c1-3-12-11-16(17)13(4-2)10-15(12)14-8-6-5-7-9-14/h5-11,17H,3-4H2,1-2H3. The topological polar surface area (TPSA) is 20.2 Å². The molecule has 2 aromatic rings. The van der Waals surface area contributed by atoms with Crippen LogP contribution in [0.1, 0.15) is 25.0 Å². The molecule has 0 aromatic heterocycles. The summed E-state index contributed by atoms with van der Waals surface area (Å²) in [6.45, 7) is 4.18. The highest BCUT2D eigenvalue weighted by Crippen LogP contribution is 2.30. The average molecular weight is 226 g/mol. The van der Waals surface area contributed by atoms with E-state index in [1.165, 1.54) is 16.7 Å². The predicted octanol–water partition coefficient (Wildman–Crippen LogP) is 4.18. The van der Waals surface area contributed by atoms with Crippen molar-refractivity contribution < 1.29 is 5.11 Å². The number of rotatable bonds is 3. The Hall–Kier alpha value is -1.76. The monoisotopic (exact) mass is 226 g/mol. The fraction of sp³-hybridized carbons (Fsp3) is 0.250. The van der Waals surface area contributed by atoms with Gasteiger partial charge in [0.25, 0.3) is 0 Å². The molecule has 0 atom stereocenters. The minimum Gasteiger partial charge on any atom is -0.508 e. The summed E-state index contributed by atoms with van der Waals surface area (Å²) < 4.78 is 0. The van der Waals surface area contributed by atoms with Gasteiger partial charge < -0.3 is 5.11 Å². The Labute approximate surface area is 103 Å². The van der Waals surface area contributed by atoms with E-state index in [1.54, 1.807) is 0 Å². The highest BCUT2D eigenvalue weighted by atomic mass is 16.3. The first-order valence-corrected chi connectivity index (χ1v) is 6.16. The van der Waals surface area contributed by atoms with Crippen LogP contribution in [-0.4, -0.2) is 5.11 Å². The van der Waals surface area contributed by atoms with E-state index < -0.39 is 0 Å². The summed E-state index contributed by atoms with van der Waals surface area (Å²) in [4.78, 5) is 0. The zero-order valence-corrected chi connectivity index (χ0v) is 10.4. The van der Waals surface area contributed by atoms with E-state index in [0.29, 0.717) is 5.75 Å². The second kappa shape index (κ2) is 5.05. The quantitative estimate of drug-likeness (QED) is 0.832. The average Bonchev–Trinajstić information content (AvgIpc) is 2.39. The highest BCUT2D eigenvalue weighted by molar-refractivity contribution is 5.69.